The first-order chi connectivity index (χ1) is 9.59. The average Bonchev–Trinajstić information content (AvgIpc) is 2.94. The molecule has 4 heteroatoms. The van der Waals surface area contributed by atoms with Gasteiger partial charge in [-0.05, 0) is 53.2 Å². The van der Waals surface area contributed by atoms with Gasteiger partial charge in [0.2, 0.25) is 0 Å². The number of nitrogens with zero attached hydrogens (tertiary/aromatic N) is 3. The number of hydrogen-bond acceptors (Lipinski definition) is 3. The maximum absolute atomic E-state index is 4.45. The molecule has 0 saturated carbocycles. The first kappa shape index (κ1) is 15.5. The van der Waals surface area contributed by atoms with Crippen LogP contribution in [0.5, 0.6) is 0 Å². The van der Waals surface area contributed by atoms with E-state index >= 15 is 0 Å². The molecule has 1 saturated heterocycles. The van der Waals surface area contributed by atoms with E-state index in [-0.39, 0.29) is 5.54 Å². The zero-order valence-corrected chi connectivity index (χ0v) is 13.5. The zero-order chi connectivity index (χ0) is 14.6. The van der Waals surface area contributed by atoms with Gasteiger partial charge in [-0.2, -0.15) is 5.10 Å². The highest BCUT2D eigenvalue weighted by Crippen LogP contribution is 2.33. The summed E-state index contributed by atoms with van der Waals surface area (Å²) in [5.74, 6) is 0. The van der Waals surface area contributed by atoms with Crippen LogP contribution in [-0.4, -0.2) is 39.9 Å². The molecule has 1 aliphatic heterocycles. The highest BCUT2D eigenvalue weighted by Gasteiger charge is 2.37. The number of rotatable bonds is 6. The van der Waals surface area contributed by atoms with Crippen LogP contribution in [0, 0.1) is 0 Å². The lowest BCUT2D eigenvalue weighted by molar-refractivity contribution is 0.0612. The summed E-state index contributed by atoms with van der Waals surface area (Å²) in [5, 5.41) is 8.13. The summed E-state index contributed by atoms with van der Waals surface area (Å²) in [7, 11) is 0. The van der Waals surface area contributed by atoms with E-state index in [0.29, 0.717) is 6.04 Å². The van der Waals surface area contributed by atoms with Crippen molar-refractivity contribution < 1.29 is 0 Å². The lowest BCUT2D eigenvalue weighted by atomic mass is 9.86. The van der Waals surface area contributed by atoms with Crippen LogP contribution in [0.3, 0.4) is 0 Å². The van der Waals surface area contributed by atoms with Gasteiger partial charge in [0.1, 0.15) is 0 Å². The number of likely N-dealkylation sites (tertiary alicyclic amines) is 1. The molecule has 0 aromatic carbocycles. The van der Waals surface area contributed by atoms with Crippen molar-refractivity contribution in [2.45, 2.75) is 65.1 Å². The Kier molecular flexibility index (Phi) is 5.22. The van der Waals surface area contributed by atoms with Gasteiger partial charge in [-0.25, -0.2) is 0 Å². The molecule has 1 aliphatic rings. The Hall–Kier alpha value is -0.870. The van der Waals surface area contributed by atoms with Gasteiger partial charge in [-0.1, -0.05) is 13.3 Å². The molecular formula is C16H30N4. The molecule has 1 N–H and O–H groups in total. The average molecular weight is 278 g/mol. The zero-order valence-electron chi connectivity index (χ0n) is 13.5. The summed E-state index contributed by atoms with van der Waals surface area (Å²) in [6.07, 6.45) is 8.26. The molecule has 0 bridgehead atoms. The maximum Gasteiger partial charge on any atom is 0.0538 e. The maximum atomic E-state index is 4.45. The Bertz CT molecular complexity index is 404. The van der Waals surface area contributed by atoms with Crippen molar-refractivity contribution in [3.63, 3.8) is 0 Å². The topological polar surface area (TPSA) is 33.1 Å². The summed E-state index contributed by atoms with van der Waals surface area (Å²) in [5.41, 5.74) is 1.43. The summed E-state index contributed by atoms with van der Waals surface area (Å²) in [6.45, 7) is 13.4. The quantitative estimate of drug-likeness (QED) is 0.868. The smallest absolute Gasteiger partial charge is 0.0538 e. The van der Waals surface area contributed by atoms with Crippen LogP contribution in [0.1, 0.15) is 58.6 Å². The molecule has 1 unspecified atom stereocenters. The SMILES string of the molecule is CCNC(c1cnn(CC)c1)C(C)(C)N1CCCCC1. The van der Waals surface area contributed by atoms with Gasteiger partial charge in [0.15, 0.2) is 0 Å². The lowest BCUT2D eigenvalue weighted by Gasteiger charge is -2.46. The van der Waals surface area contributed by atoms with Crippen LogP contribution >= 0.6 is 0 Å². The minimum absolute atomic E-state index is 0.123. The number of hydrogen-bond donors (Lipinski definition) is 1. The molecule has 20 heavy (non-hydrogen) atoms. The molecular weight excluding hydrogens is 248 g/mol. The van der Waals surface area contributed by atoms with Crippen LogP contribution in [-0.2, 0) is 6.54 Å². The molecule has 0 aliphatic carbocycles. The van der Waals surface area contributed by atoms with E-state index in [0.717, 1.165) is 13.1 Å². The van der Waals surface area contributed by atoms with E-state index in [9.17, 15) is 0 Å². The molecule has 2 rings (SSSR count). The van der Waals surface area contributed by atoms with Crippen molar-refractivity contribution in [2.75, 3.05) is 19.6 Å². The number of aromatic nitrogens is 2. The Morgan fingerprint density at radius 1 is 1.25 bits per heavy atom. The third-order valence-electron chi connectivity index (χ3n) is 4.60. The first-order valence-electron chi connectivity index (χ1n) is 8.10. The minimum Gasteiger partial charge on any atom is -0.309 e. The van der Waals surface area contributed by atoms with Crippen LogP contribution in [0.25, 0.3) is 0 Å². The lowest BCUT2D eigenvalue weighted by Crippen LogP contribution is -2.54. The molecule has 0 amide bonds. The second kappa shape index (κ2) is 6.72. The van der Waals surface area contributed by atoms with Crippen LogP contribution in [0.4, 0.5) is 0 Å². The van der Waals surface area contributed by atoms with E-state index in [1.165, 1.54) is 37.9 Å². The molecule has 0 spiro atoms. The van der Waals surface area contributed by atoms with Gasteiger partial charge in [-0.15, -0.1) is 0 Å². The van der Waals surface area contributed by atoms with Gasteiger partial charge >= 0.3 is 0 Å². The van der Waals surface area contributed by atoms with Gasteiger partial charge in [-0.3, -0.25) is 9.58 Å². The molecule has 1 fully saturated rings. The van der Waals surface area contributed by atoms with Crippen LogP contribution in [0.2, 0.25) is 0 Å². The van der Waals surface area contributed by atoms with Crippen molar-refractivity contribution in [3.05, 3.63) is 18.0 Å². The van der Waals surface area contributed by atoms with E-state index in [1.54, 1.807) is 0 Å². The second-order valence-electron chi connectivity index (χ2n) is 6.32. The molecule has 1 aromatic heterocycles. The molecule has 1 aromatic rings. The second-order valence-corrected chi connectivity index (χ2v) is 6.32. The molecule has 114 valence electrons. The fraction of sp³-hybridized carbons (Fsp3) is 0.812. The summed E-state index contributed by atoms with van der Waals surface area (Å²) in [4.78, 5) is 2.65. The summed E-state index contributed by atoms with van der Waals surface area (Å²) < 4.78 is 2.02. The Morgan fingerprint density at radius 3 is 2.50 bits per heavy atom. The van der Waals surface area contributed by atoms with Crippen molar-refractivity contribution in [2.24, 2.45) is 0 Å². The van der Waals surface area contributed by atoms with Crippen molar-refractivity contribution in [3.8, 4) is 0 Å². The molecule has 4 nitrogen and oxygen atoms in total. The van der Waals surface area contributed by atoms with Gasteiger partial charge in [0.25, 0.3) is 0 Å². The molecule has 2 heterocycles. The van der Waals surface area contributed by atoms with E-state index in [4.69, 9.17) is 0 Å². The predicted molar refractivity (Wildman–Crippen MR) is 83.8 cm³/mol. The number of piperidine rings is 1. The summed E-state index contributed by atoms with van der Waals surface area (Å²) >= 11 is 0. The van der Waals surface area contributed by atoms with E-state index in [1.807, 2.05) is 10.9 Å². The van der Waals surface area contributed by atoms with Gasteiger partial charge in [0.05, 0.1) is 12.2 Å². The van der Waals surface area contributed by atoms with Gasteiger partial charge < -0.3 is 5.32 Å². The van der Waals surface area contributed by atoms with Crippen LogP contribution in [0.15, 0.2) is 12.4 Å². The Labute approximate surface area is 123 Å². The predicted octanol–water partition coefficient (Wildman–Crippen LogP) is 2.82. The van der Waals surface area contributed by atoms with E-state index < -0.39 is 0 Å². The van der Waals surface area contributed by atoms with Crippen molar-refractivity contribution in [1.82, 2.24) is 20.0 Å². The Balaban J connectivity index is 2.21. The van der Waals surface area contributed by atoms with E-state index in [2.05, 4.69) is 49.2 Å². The first-order valence-corrected chi connectivity index (χ1v) is 8.10. The Morgan fingerprint density at radius 2 is 1.95 bits per heavy atom. The van der Waals surface area contributed by atoms with Crippen molar-refractivity contribution in [1.29, 1.82) is 0 Å². The highest BCUT2D eigenvalue weighted by atomic mass is 15.3. The standard InChI is InChI=1S/C16H30N4/c1-5-17-15(14-12-18-20(6-2)13-14)16(3,4)19-10-8-7-9-11-19/h12-13,15,17H,5-11H2,1-4H3. The monoisotopic (exact) mass is 278 g/mol. The largest absolute Gasteiger partial charge is 0.309 e. The number of likely N-dealkylation sites (N-methyl/N-ethyl adjacent to an activating group) is 1. The third-order valence-corrected chi connectivity index (χ3v) is 4.60. The fourth-order valence-electron chi connectivity index (χ4n) is 3.33. The minimum atomic E-state index is 0.123. The normalized spacial score (nSPS) is 19.2. The fourth-order valence-corrected chi connectivity index (χ4v) is 3.33. The highest BCUT2D eigenvalue weighted by molar-refractivity contribution is 5.17. The van der Waals surface area contributed by atoms with Crippen LogP contribution < -0.4 is 5.32 Å². The molecule has 0 radical (unpaired) electrons. The number of aryl methyl sites for hydroxylation is 1. The van der Waals surface area contributed by atoms with Crippen molar-refractivity contribution >= 4 is 0 Å². The molecule has 1 atom stereocenters. The summed E-state index contributed by atoms with van der Waals surface area (Å²) in [6, 6.07) is 0.339. The third kappa shape index (κ3) is 3.23. The van der Waals surface area contributed by atoms with Gasteiger partial charge in [0, 0.05) is 23.8 Å². The number of nitrogens with one attached hydrogen (secondary N) is 1.